The summed E-state index contributed by atoms with van der Waals surface area (Å²) in [4.78, 5) is 14.7. The molecule has 0 fully saturated rings. The van der Waals surface area contributed by atoms with Crippen LogP contribution in [0.4, 0.5) is 5.69 Å². The van der Waals surface area contributed by atoms with Gasteiger partial charge in [0, 0.05) is 23.3 Å². The molecule has 3 nitrogen and oxygen atoms in total. The van der Waals surface area contributed by atoms with Crippen LogP contribution in [0.1, 0.15) is 31.0 Å². The van der Waals surface area contributed by atoms with Crippen molar-refractivity contribution < 1.29 is 4.79 Å². The van der Waals surface area contributed by atoms with Crippen LogP contribution >= 0.6 is 11.6 Å². The molecule has 0 radical (unpaired) electrons. The molecule has 1 N–H and O–H groups in total. The maximum atomic E-state index is 12.8. The summed E-state index contributed by atoms with van der Waals surface area (Å²) in [5.74, 6) is 0.105. The Bertz CT molecular complexity index is 716. The summed E-state index contributed by atoms with van der Waals surface area (Å²) >= 11 is 6.24. The van der Waals surface area contributed by atoms with Gasteiger partial charge in [0.2, 0.25) is 5.91 Å². The number of amides is 1. The van der Waals surface area contributed by atoms with Crippen LogP contribution in [0.15, 0.2) is 48.5 Å². The van der Waals surface area contributed by atoms with Crippen molar-refractivity contribution in [2.24, 2.45) is 0 Å². The van der Waals surface area contributed by atoms with Gasteiger partial charge in [0.25, 0.3) is 0 Å². The monoisotopic (exact) mass is 328 g/mol. The van der Waals surface area contributed by atoms with E-state index in [0.717, 1.165) is 29.2 Å². The van der Waals surface area contributed by atoms with Crippen LogP contribution in [-0.2, 0) is 11.2 Å². The van der Waals surface area contributed by atoms with Gasteiger partial charge < -0.3 is 4.90 Å². The largest absolute Gasteiger partial charge is 0.310 e. The van der Waals surface area contributed by atoms with Crippen molar-refractivity contribution in [1.29, 1.82) is 0 Å². The van der Waals surface area contributed by atoms with Gasteiger partial charge in [-0.15, -0.1) is 0 Å². The number of carbonyl (C=O) groups is 1. The third kappa shape index (κ3) is 3.26. The first-order chi connectivity index (χ1) is 11.1. The highest BCUT2D eigenvalue weighted by Gasteiger charge is 2.28. The van der Waals surface area contributed by atoms with E-state index in [1.54, 1.807) is 0 Å². The van der Waals surface area contributed by atoms with Gasteiger partial charge in [-0.25, -0.2) is 0 Å². The molecule has 3 rings (SSSR count). The van der Waals surface area contributed by atoms with Crippen LogP contribution < -0.4 is 10.2 Å². The number of nitrogens with one attached hydrogen (secondary N) is 1. The van der Waals surface area contributed by atoms with Gasteiger partial charge in [0.05, 0.1) is 6.04 Å². The molecule has 0 unspecified atom stereocenters. The van der Waals surface area contributed by atoms with Crippen molar-refractivity contribution in [3.05, 3.63) is 64.7 Å². The molecule has 1 aliphatic rings. The minimum absolute atomic E-state index is 0.0143. The quantitative estimate of drug-likeness (QED) is 0.921. The van der Waals surface area contributed by atoms with Crippen molar-refractivity contribution in [1.82, 2.24) is 5.32 Å². The predicted molar refractivity (Wildman–Crippen MR) is 95.0 cm³/mol. The fourth-order valence-corrected chi connectivity index (χ4v) is 3.46. The van der Waals surface area contributed by atoms with Gasteiger partial charge in [-0.1, -0.05) is 48.0 Å². The van der Waals surface area contributed by atoms with Crippen LogP contribution in [0.25, 0.3) is 0 Å². The molecule has 1 amide bonds. The van der Waals surface area contributed by atoms with Gasteiger partial charge in [-0.05, 0) is 43.5 Å². The number of hydrogen-bond donors (Lipinski definition) is 1. The summed E-state index contributed by atoms with van der Waals surface area (Å²) in [5.41, 5.74) is 3.29. The number of hydrogen-bond acceptors (Lipinski definition) is 2. The standard InChI is InChI=1S/C19H21ClN2O/c1-13(16-8-4-5-9-17(16)20)21-14(2)19(23)22-12-11-15-7-3-6-10-18(15)22/h3-10,13-14,21H,11-12H2,1-2H3/t13-,14-/m0/s1. The van der Waals surface area contributed by atoms with Gasteiger partial charge >= 0.3 is 0 Å². The summed E-state index contributed by atoms with van der Waals surface area (Å²) in [5, 5.41) is 4.09. The Kier molecular flexibility index (Phi) is 4.69. The second kappa shape index (κ2) is 6.73. The van der Waals surface area contributed by atoms with E-state index in [1.165, 1.54) is 5.56 Å². The van der Waals surface area contributed by atoms with E-state index in [2.05, 4.69) is 11.4 Å². The van der Waals surface area contributed by atoms with Crippen LogP contribution in [0, 0.1) is 0 Å². The third-order valence-corrected chi connectivity index (χ3v) is 4.74. The first-order valence-corrected chi connectivity index (χ1v) is 8.35. The average molecular weight is 329 g/mol. The molecule has 1 heterocycles. The van der Waals surface area contributed by atoms with Gasteiger partial charge in [-0.3, -0.25) is 10.1 Å². The smallest absolute Gasteiger partial charge is 0.243 e. The maximum Gasteiger partial charge on any atom is 0.243 e. The van der Waals surface area contributed by atoms with E-state index in [9.17, 15) is 4.79 Å². The fraction of sp³-hybridized carbons (Fsp3) is 0.316. The molecule has 0 bridgehead atoms. The summed E-state index contributed by atoms with van der Waals surface area (Å²) < 4.78 is 0. The second-order valence-electron chi connectivity index (χ2n) is 6.00. The molecular weight excluding hydrogens is 308 g/mol. The van der Waals surface area contributed by atoms with Crippen molar-refractivity contribution in [3.8, 4) is 0 Å². The highest BCUT2D eigenvalue weighted by atomic mass is 35.5. The Hall–Kier alpha value is -1.84. The molecule has 2 atom stereocenters. The molecule has 2 aromatic rings. The van der Waals surface area contributed by atoms with Crippen molar-refractivity contribution in [2.75, 3.05) is 11.4 Å². The SMILES string of the molecule is C[C@H](N[C@@H](C)c1ccccc1Cl)C(=O)N1CCc2ccccc21. The lowest BCUT2D eigenvalue weighted by Crippen LogP contribution is -2.45. The van der Waals surface area contributed by atoms with Crippen molar-refractivity contribution in [2.45, 2.75) is 32.4 Å². The number of halogens is 1. The molecule has 0 saturated carbocycles. The number of anilines is 1. The average Bonchev–Trinajstić information content (AvgIpc) is 2.98. The number of fused-ring (bicyclic) bond motifs is 1. The number of rotatable bonds is 4. The van der Waals surface area contributed by atoms with Crippen LogP contribution in [0.5, 0.6) is 0 Å². The molecule has 23 heavy (non-hydrogen) atoms. The second-order valence-corrected chi connectivity index (χ2v) is 6.41. The number of carbonyl (C=O) groups excluding carboxylic acids is 1. The zero-order valence-corrected chi connectivity index (χ0v) is 14.2. The number of para-hydroxylation sites is 1. The number of benzene rings is 2. The van der Waals surface area contributed by atoms with Gasteiger partial charge in [0.1, 0.15) is 0 Å². The Balaban J connectivity index is 1.70. The lowest BCUT2D eigenvalue weighted by atomic mass is 10.1. The molecule has 0 aliphatic carbocycles. The Morgan fingerprint density at radius 3 is 2.61 bits per heavy atom. The fourth-order valence-electron chi connectivity index (χ4n) is 3.16. The zero-order chi connectivity index (χ0) is 16.4. The lowest BCUT2D eigenvalue weighted by molar-refractivity contribution is -0.120. The first kappa shape index (κ1) is 16.0. The third-order valence-electron chi connectivity index (χ3n) is 4.40. The molecule has 120 valence electrons. The van der Waals surface area contributed by atoms with Crippen molar-refractivity contribution >= 4 is 23.2 Å². The van der Waals surface area contributed by atoms with E-state index < -0.39 is 0 Å². The Morgan fingerprint density at radius 1 is 1.13 bits per heavy atom. The van der Waals surface area contributed by atoms with Crippen molar-refractivity contribution in [3.63, 3.8) is 0 Å². The lowest BCUT2D eigenvalue weighted by Gasteiger charge is -2.25. The zero-order valence-electron chi connectivity index (χ0n) is 13.4. The van der Waals surface area contributed by atoms with E-state index in [4.69, 9.17) is 11.6 Å². The first-order valence-electron chi connectivity index (χ1n) is 7.97. The minimum atomic E-state index is -0.271. The number of nitrogens with zero attached hydrogens (tertiary/aromatic N) is 1. The Morgan fingerprint density at radius 2 is 1.83 bits per heavy atom. The summed E-state index contributed by atoms with van der Waals surface area (Å²) in [7, 11) is 0. The van der Waals surface area contributed by atoms with E-state index >= 15 is 0 Å². The van der Waals surface area contributed by atoms with E-state index in [0.29, 0.717) is 0 Å². The molecule has 0 spiro atoms. The normalized spacial score (nSPS) is 16.0. The van der Waals surface area contributed by atoms with Crippen LogP contribution in [0.2, 0.25) is 5.02 Å². The maximum absolute atomic E-state index is 12.8. The summed E-state index contributed by atoms with van der Waals surface area (Å²) in [6.45, 7) is 4.70. The molecule has 4 heteroatoms. The molecule has 0 aromatic heterocycles. The van der Waals surface area contributed by atoms with Gasteiger partial charge in [-0.2, -0.15) is 0 Å². The Labute approximate surface area is 142 Å². The predicted octanol–water partition coefficient (Wildman–Crippen LogP) is 3.97. The van der Waals surface area contributed by atoms with Crippen LogP contribution in [0.3, 0.4) is 0 Å². The molecular formula is C19H21ClN2O. The summed E-state index contributed by atoms with van der Waals surface area (Å²) in [6, 6.07) is 15.6. The minimum Gasteiger partial charge on any atom is -0.310 e. The molecule has 1 aliphatic heterocycles. The summed E-state index contributed by atoms with van der Waals surface area (Å²) in [6.07, 6.45) is 0.925. The molecule has 0 saturated heterocycles. The molecule has 2 aromatic carbocycles. The van der Waals surface area contributed by atoms with E-state index in [1.807, 2.05) is 61.2 Å². The highest BCUT2D eigenvalue weighted by Crippen LogP contribution is 2.28. The topological polar surface area (TPSA) is 32.3 Å². The van der Waals surface area contributed by atoms with Crippen LogP contribution in [-0.4, -0.2) is 18.5 Å². The van der Waals surface area contributed by atoms with E-state index in [-0.39, 0.29) is 18.0 Å². The highest BCUT2D eigenvalue weighted by molar-refractivity contribution is 6.31. The van der Waals surface area contributed by atoms with Gasteiger partial charge in [0.15, 0.2) is 0 Å².